The molecular formula is C27H26N6. The van der Waals surface area contributed by atoms with Gasteiger partial charge < -0.3 is 20.5 Å². The average Bonchev–Trinajstić information content (AvgIpc) is 3.21. The van der Waals surface area contributed by atoms with E-state index in [2.05, 4.69) is 51.9 Å². The SMILES string of the molecule is C=C1C(Nc2ccc3ccn(Cc4ccncc4)c3c2)=NC(c2cccc(N)c2C)=CN1C. The van der Waals surface area contributed by atoms with Gasteiger partial charge in [-0.2, -0.15) is 0 Å². The van der Waals surface area contributed by atoms with Crippen LogP contribution in [-0.4, -0.2) is 27.3 Å². The summed E-state index contributed by atoms with van der Waals surface area (Å²) in [6.07, 6.45) is 7.75. The molecule has 1 aliphatic rings. The molecule has 6 heteroatoms. The maximum atomic E-state index is 6.13. The van der Waals surface area contributed by atoms with Crippen LogP contribution in [0.1, 0.15) is 16.7 Å². The highest BCUT2D eigenvalue weighted by Gasteiger charge is 2.19. The number of anilines is 2. The van der Waals surface area contributed by atoms with E-state index in [1.807, 2.05) is 67.8 Å². The Morgan fingerprint density at radius 2 is 1.88 bits per heavy atom. The summed E-state index contributed by atoms with van der Waals surface area (Å²) >= 11 is 0. The topological polar surface area (TPSA) is 71.5 Å². The predicted molar refractivity (Wildman–Crippen MR) is 137 cm³/mol. The Morgan fingerprint density at radius 3 is 2.70 bits per heavy atom. The van der Waals surface area contributed by atoms with Crippen LogP contribution in [0.4, 0.5) is 11.4 Å². The van der Waals surface area contributed by atoms with Crippen molar-refractivity contribution < 1.29 is 0 Å². The fourth-order valence-corrected chi connectivity index (χ4v) is 4.02. The molecule has 4 aromatic rings. The molecule has 0 amide bonds. The van der Waals surface area contributed by atoms with Crippen LogP contribution in [0.2, 0.25) is 0 Å². The second-order valence-electron chi connectivity index (χ2n) is 8.25. The standard InChI is InChI=1S/C27H26N6/c1-18-23(5-4-6-24(18)28)25-17-32(3)19(2)27(31-25)30-22-8-7-21-11-14-33(26(21)15-22)16-20-9-12-29-13-10-20/h4-15,17H,2,16,28H2,1,3H3,(H,30,31). The van der Waals surface area contributed by atoms with Crippen LogP contribution in [0.5, 0.6) is 0 Å². The number of nitrogen functional groups attached to an aromatic ring is 1. The molecule has 0 atom stereocenters. The van der Waals surface area contributed by atoms with Gasteiger partial charge in [0.15, 0.2) is 5.84 Å². The number of pyridine rings is 1. The summed E-state index contributed by atoms with van der Waals surface area (Å²) < 4.78 is 2.24. The zero-order valence-corrected chi connectivity index (χ0v) is 18.8. The van der Waals surface area contributed by atoms with Crippen LogP contribution >= 0.6 is 0 Å². The lowest BCUT2D eigenvalue weighted by atomic mass is 10.0. The Labute approximate surface area is 193 Å². The number of aromatic nitrogens is 2. The number of amidine groups is 1. The number of hydrogen-bond donors (Lipinski definition) is 2. The fourth-order valence-electron chi connectivity index (χ4n) is 4.02. The third-order valence-electron chi connectivity index (χ3n) is 6.04. The molecule has 164 valence electrons. The third-order valence-corrected chi connectivity index (χ3v) is 6.04. The smallest absolute Gasteiger partial charge is 0.154 e. The molecule has 2 aromatic heterocycles. The van der Waals surface area contributed by atoms with Gasteiger partial charge in [-0.1, -0.05) is 24.8 Å². The largest absolute Gasteiger partial charge is 0.398 e. The number of aliphatic imine (C=N–C) groups is 1. The molecule has 5 rings (SSSR count). The fraction of sp³-hybridized carbons (Fsp3) is 0.111. The molecule has 33 heavy (non-hydrogen) atoms. The summed E-state index contributed by atoms with van der Waals surface area (Å²) in [6.45, 7) is 7.02. The highest BCUT2D eigenvalue weighted by Crippen LogP contribution is 2.29. The lowest BCUT2D eigenvalue weighted by Crippen LogP contribution is -2.27. The van der Waals surface area contributed by atoms with Crippen LogP contribution in [0.3, 0.4) is 0 Å². The molecule has 1 aliphatic heterocycles. The Kier molecular flexibility index (Phi) is 5.18. The van der Waals surface area contributed by atoms with Gasteiger partial charge in [-0.3, -0.25) is 4.98 Å². The molecule has 0 bridgehead atoms. The van der Waals surface area contributed by atoms with Gasteiger partial charge in [-0.05, 0) is 59.8 Å². The summed E-state index contributed by atoms with van der Waals surface area (Å²) in [5.41, 5.74) is 13.9. The Hall–Kier alpha value is -4.32. The first kappa shape index (κ1) is 20.6. The summed E-state index contributed by atoms with van der Waals surface area (Å²) in [5, 5.41) is 4.67. The Bertz CT molecular complexity index is 1410. The molecule has 0 unspecified atom stereocenters. The maximum Gasteiger partial charge on any atom is 0.154 e. The normalized spacial score (nSPS) is 13.8. The summed E-state index contributed by atoms with van der Waals surface area (Å²) in [4.78, 5) is 11.0. The van der Waals surface area contributed by atoms with Crippen molar-refractivity contribution in [3.63, 3.8) is 0 Å². The Morgan fingerprint density at radius 1 is 1.06 bits per heavy atom. The van der Waals surface area contributed by atoms with Crippen molar-refractivity contribution in [1.82, 2.24) is 14.5 Å². The average molecular weight is 435 g/mol. The summed E-state index contributed by atoms with van der Waals surface area (Å²) in [5.74, 6) is 0.711. The number of nitrogens with zero attached hydrogens (tertiary/aromatic N) is 4. The van der Waals surface area contributed by atoms with Crippen molar-refractivity contribution >= 4 is 33.8 Å². The first-order chi connectivity index (χ1) is 16.0. The van der Waals surface area contributed by atoms with Crippen molar-refractivity contribution in [3.05, 3.63) is 108 Å². The number of nitrogens with one attached hydrogen (secondary N) is 1. The molecule has 6 nitrogen and oxygen atoms in total. The second kappa shape index (κ2) is 8.31. The number of rotatable bonds is 4. The first-order valence-corrected chi connectivity index (χ1v) is 10.8. The van der Waals surface area contributed by atoms with Crippen LogP contribution in [0.25, 0.3) is 16.6 Å². The maximum absolute atomic E-state index is 6.13. The molecule has 0 spiro atoms. The minimum atomic E-state index is 0.711. The molecule has 0 fully saturated rings. The zero-order valence-electron chi connectivity index (χ0n) is 18.8. The van der Waals surface area contributed by atoms with E-state index in [0.717, 1.165) is 46.0 Å². The molecular weight excluding hydrogens is 408 g/mol. The molecule has 0 saturated carbocycles. The van der Waals surface area contributed by atoms with Crippen molar-refractivity contribution in [1.29, 1.82) is 0 Å². The van der Waals surface area contributed by atoms with Crippen LogP contribution in [0, 0.1) is 6.92 Å². The molecule has 3 N–H and O–H groups in total. The van der Waals surface area contributed by atoms with Crippen LogP contribution in [-0.2, 0) is 6.54 Å². The van der Waals surface area contributed by atoms with Crippen molar-refractivity contribution in [2.45, 2.75) is 13.5 Å². The van der Waals surface area contributed by atoms with E-state index in [-0.39, 0.29) is 0 Å². The van der Waals surface area contributed by atoms with Gasteiger partial charge in [-0.25, -0.2) is 4.99 Å². The van der Waals surface area contributed by atoms with Gasteiger partial charge in [-0.15, -0.1) is 0 Å². The van der Waals surface area contributed by atoms with Crippen molar-refractivity contribution in [3.8, 4) is 0 Å². The van der Waals surface area contributed by atoms with Gasteiger partial charge in [0.05, 0.1) is 16.9 Å². The van der Waals surface area contributed by atoms with E-state index < -0.39 is 0 Å². The first-order valence-electron chi connectivity index (χ1n) is 10.8. The van der Waals surface area contributed by atoms with E-state index in [0.29, 0.717) is 5.84 Å². The molecule has 2 aromatic carbocycles. The number of benzene rings is 2. The van der Waals surface area contributed by atoms with Gasteiger partial charge in [0.2, 0.25) is 0 Å². The summed E-state index contributed by atoms with van der Waals surface area (Å²) in [6, 6.07) is 18.4. The third kappa shape index (κ3) is 3.99. The van der Waals surface area contributed by atoms with Crippen molar-refractivity contribution in [2.75, 3.05) is 18.1 Å². The van der Waals surface area contributed by atoms with E-state index in [4.69, 9.17) is 10.7 Å². The lowest BCUT2D eigenvalue weighted by Gasteiger charge is -2.26. The van der Waals surface area contributed by atoms with Gasteiger partial charge in [0, 0.05) is 55.3 Å². The van der Waals surface area contributed by atoms with Crippen molar-refractivity contribution in [2.24, 2.45) is 4.99 Å². The molecule has 3 heterocycles. The zero-order chi connectivity index (χ0) is 22.9. The van der Waals surface area contributed by atoms with Crippen LogP contribution in [0.15, 0.2) is 96.7 Å². The van der Waals surface area contributed by atoms with E-state index in [9.17, 15) is 0 Å². The second-order valence-corrected chi connectivity index (χ2v) is 8.25. The number of nitrogens with two attached hydrogens (primary N) is 1. The highest BCUT2D eigenvalue weighted by molar-refractivity contribution is 6.11. The van der Waals surface area contributed by atoms with Gasteiger partial charge in [0.25, 0.3) is 0 Å². The number of hydrogen-bond acceptors (Lipinski definition) is 5. The monoisotopic (exact) mass is 434 g/mol. The van der Waals surface area contributed by atoms with E-state index in [1.165, 1.54) is 10.9 Å². The number of fused-ring (bicyclic) bond motifs is 1. The molecule has 0 radical (unpaired) electrons. The van der Waals surface area contributed by atoms with Crippen LogP contribution < -0.4 is 11.1 Å². The minimum absolute atomic E-state index is 0.711. The Balaban J connectivity index is 1.47. The highest BCUT2D eigenvalue weighted by atomic mass is 15.2. The van der Waals surface area contributed by atoms with Gasteiger partial charge >= 0.3 is 0 Å². The van der Waals surface area contributed by atoms with E-state index in [1.54, 1.807) is 0 Å². The number of likely N-dealkylation sites (N-methyl/N-ethyl adjacent to an activating group) is 1. The molecule has 0 saturated heterocycles. The summed E-state index contributed by atoms with van der Waals surface area (Å²) in [7, 11) is 1.98. The molecule has 0 aliphatic carbocycles. The minimum Gasteiger partial charge on any atom is -0.398 e. The van der Waals surface area contributed by atoms with Gasteiger partial charge in [0.1, 0.15) is 0 Å². The quantitative estimate of drug-likeness (QED) is 0.431. The lowest BCUT2D eigenvalue weighted by molar-refractivity contribution is 0.597. The van der Waals surface area contributed by atoms with E-state index >= 15 is 0 Å². The predicted octanol–water partition coefficient (Wildman–Crippen LogP) is 5.24.